The number of aromatic nitrogens is 2. The Hall–Kier alpha value is -0.980. The molecular formula is C15H26N4O2. The molecule has 0 spiro atoms. The van der Waals surface area contributed by atoms with Crippen molar-refractivity contribution < 1.29 is 9.15 Å². The molecule has 0 aromatic carbocycles. The molecule has 6 heteroatoms. The lowest BCUT2D eigenvalue weighted by atomic mass is 10.1. The molecule has 118 valence electrons. The first-order valence-corrected chi connectivity index (χ1v) is 8.07. The number of hydrogen-bond donors (Lipinski definition) is 0. The highest BCUT2D eigenvalue weighted by atomic mass is 16.5. The fourth-order valence-electron chi connectivity index (χ4n) is 3.01. The van der Waals surface area contributed by atoms with Gasteiger partial charge in [-0.25, -0.2) is 0 Å². The SMILES string of the molecule is CC[C@H]1CN(Cc2nnc(C3CC3)o2)CCN1CCOC. The fourth-order valence-corrected chi connectivity index (χ4v) is 3.01. The third kappa shape index (κ3) is 3.81. The Balaban J connectivity index is 1.52. The first kappa shape index (κ1) is 14.9. The van der Waals surface area contributed by atoms with E-state index in [2.05, 4.69) is 26.9 Å². The highest BCUT2D eigenvalue weighted by Gasteiger charge is 2.30. The third-order valence-electron chi connectivity index (χ3n) is 4.51. The van der Waals surface area contributed by atoms with Crippen LogP contribution in [0.2, 0.25) is 0 Å². The molecule has 1 saturated heterocycles. The van der Waals surface area contributed by atoms with Gasteiger partial charge in [-0.1, -0.05) is 6.92 Å². The maximum absolute atomic E-state index is 5.77. The van der Waals surface area contributed by atoms with Gasteiger partial charge >= 0.3 is 0 Å². The van der Waals surface area contributed by atoms with Gasteiger partial charge in [0.05, 0.1) is 13.2 Å². The van der Waals surface area contributed by atoms with Crippen molar-refractivity contribution in [2.24, 2.45) is 0 Å². The summed E-state index contributed by atoms with van der Waals surface area (Å²) in [5.41, 5.74) is 0. The smallest absolute Gasteiger partial charge is 0.230 e. The van der Waals surface area contributed by atoms with Gasteiger partial charge in [-0.15, -0.1) is 10.2 Å². The fraction of sp³-hybridized carbons (Fsp3) is 0.867. The molecule has 0 amide bonds. The second-order valence-electron chi connectivity index (χ2n) is 6.13. The van der Waals surface area contributed by atoms with Crippen molar-refractivity contribution in [1.82, 2.24) is 20.0 Å². The quantitative estimate of drug-likeness (QED) is 0.759. The standard InChI is InChI=1S/C15H26N4O2/c1-3-13-10-18(6-7-19(13)8-9-20-2)11-14-16-17-15(21-14)12-4-5-12/h12-13H,3-11H2,1-2H3/t13-/m0/s1. The van der Waals surface area contributed by atoms with E-state index in [-0.39, 0.29) is 0 Å². The summed E-state index contributed by atoms with van der Waals surface area (Å²) in [6.07, 6.45) is 3.58. The largest absolute Gasteiger partial charge is 0.424 e. The molecule has 21 heavy (non-hydrogen) atoms. The van der Waals surface area contributed by atoms with E-state index in [0.29, 0.717) is 12.0 Å². The minimum atomic E-state index is 0.542. The van der Waals surface area contributed by atoms with Crippen molar-refractivity contribution in [2.75, 3.05) is 39.9 Å². The number of hydrogen-bond acceptors (Lipinski definition) is 6. The van der Waals surface area contributed by atoms with Crippen molar-refractivity contribution >= 4 is 0 Å². The number of ether oxygens (including phenoxy) is 1. The van der Waals surface area contributed by atoms with Crippen molar-refractivity contribution in [3.05, 3.63) is 11.8 Å². The van der Waals surface area contributed by atoms with Gasteiger partial charge in [-0.05, 0) is 19.3 Å². The minimum Gasteiger partial charge on any atom is -0.424 e. The monoisotopic (exact) mass is 294 g/mol. The van der Waals surface area contributed by atoms with Crippen molar-refractivity contribution in [2.45, 2.75) is 44.7 Å². The van der Waals surface area contributed by atoms with E-state index < -0.39 is 0 Å². The van der Waals surface area contributed by atoms with Crippen molar-refractivity contribution in [3.63, 3.8) is 0 Å². The van der Waals surface area contributed by atoms with Crippen molar-refractivity contribution in [1.29, 1.82) is 0 Å². The molecule has 6 nitrogen and oxygen atoms in total. The highest BCUT2D eigenvalue weighted by molar-refractivity contribution is 5.00. The Morgan fingerprint density at radius 2 is 2.14 bits per heavy atom. The Bertz CT molecular complexity index is 447. The van der Waals surface area contributed by atoms with Crippen LogP contribution in [-0.2, 0) is 11.3 Å². The summed E-state index contributed by atoms with van der Waals surface area (Å²) in [7, 11) is 1.77. The Morgan fingerprint density at radius 1 is 1.29 bits per heavy atom. The van der Waals surface area contributed by atoms with Gasteiger partial charge < -0.3 is 9.15 Å². The first-order chi connectivity index (χ1) is 10.3. The van der Waals surface area contributed by atoms with Crippen LogP contribution in [0.25, 0.3) is 0 Å². The second-order valence-corrected chi connectivity index (χ2v) is 6.13. The molecule has 0 bridgehead atoms. The van der Waals surface area contributed by atoms with Gasteiger partial charge in [0.25, 0.3) is 0 Å². The summed E-state index contributed by atoms with van der Waals surface area (Å²) in [6, 6.07) is 0.597. The van der Waals surface area contributed by atoms with E-state index >= 15 is 0 Å². The van der Waals surface area contributed by atoms with Gasteiger partial charge in [0.1, 0.15) is 0 Å². The average molecular weight is 294 g/mol. The number of rotatable bonds is 7. The van der Waals surface area contributed by atoms with E-state index in [4.69, 9.17) is 9.15 Å². The van der Waals surface area contributed by atoms with Crippen LogP contribution in [0.4, 0.5) is 0 Å². The second kappa shape index (κ2) is 6.85. The zero-order chi connectivity index (χ0) is 14.7. The summed E-state index contributed by atoms with van der Waals surface area (Å²) in [5, 5.41) is 8.37. The molecule has 1 atom stereocenters. The number of methoxy groups -OCH3 is 1. The zero-order valence-corrected chi connectivity index (χ0v) is 13.1. The minimum absolute atomic E-state index is 0.542. The predicted octanol–water partition coefficient (Wildman–Crippen LogP) is 1.49. The van der Waals surface area contributed by atoms with Crippen LogP contribution >= 0.6 is 0 Å². The lowest BCUT2D eigenvalue weighted by Crippen LogP contribution is -2.53. The molecule has 0 unspecified atom stereocenters. The van der Waals surface area contributed by atoms with E-state index in [1.54, 1.807) is 7.11 Å². The summed E-state index contributed by atoms with van der Waals surface area (Å²) in [6.45, 7) is 8.09. The molecule has 1 aliphatic heterocycles. The van der Waals surface area contributed by atoms with Crippen LogP contribution in [0.5, 0.6) is 0 Å². The van der Waals surface area contributed by atoms with Gasteiger partial charge in [0.2, 0.25) is 11.8 Å². The molecule has 3 rings (SSSR count). The van der Waals surface area contributed by atoms with Crippen LogP contribution in [0.15, 0.2) is 4.42 Å². The molecule has 1 saturated carbocycles. The van der Waals surface area contributed by atoms with Crippen LogP contribution in [0.3, 0.4) is 0 Å². The van der Waals surface area contributed by atoms with Crippen molar-refractivity contribution in [3.8, 4) is 0 Å². The van der Waals surface area contributed by atoms with E-state index in [9.17, 15) is 0 Å². The molecular weight excluding hydrogens is 268 g/mol. The normalized spacial score (nSPS) is 24.6. The molecule has 1 aliphatic carbocycles. The van der Waals surface area contributed by atoms with Gasteiger partial charge in [0.15, 0.2) is 0 Å². The van der Waals surface area contributed by atoms with Gasteiger partial charge in [-0.2, -0.15) is 0 Å². The van der Waals surface area contributed by atoms with Crippen LogP contribution < -0.4 is 0 Å². The molecule has 2 heterocycles. The summed E-state index contributed by atoms with van der Waals surface area (Å²) in [5.74, 6) is 2.16. The molecule has 0 N–H and O–H groups in total. The molecule has 0 radical (unpaired) electrons. The van der Waals surface area contributed by atoms with Gasteiger partial charge in [0, 0.05) is 45.2 Å². The third-order valence-corrected chi connectivity index (χ3v) is 4.51. The molecule has 2 aliphatic rings. The van der Waals surface area contributed by atoms with Crippen LogP contribution in [-0.4, -0.2) is 65.9 Å². The first-order valence-electron chi connectivity index (χ1n) is 8.07. The highest BCUT2D eigenvalue weighted by Crippen LogP contribution is 2.39. The topological polar surface area (TPSA) is 54.6 Å². The molecule has 1 aromatic rings. The summed E-state index contributed by atoms with van der Waals surface area (Å²) >= 11 is 0. The maximum atomic E-state index is 5.77. The Morgan fingerprint density at radius 3 is 2.86 bits per heavy atom. The molecule has 2 fully saturated rings. The maximum Gasteiger partial charge on any atom is 0.230 e. The Labute approximate surface area is 126 Å². The predicted molar refractivity (Wildman–Crippen MR) is 79.1 cm³/mol. The summed E-state index contributed by atoms with van der Waals surface area (Å²) < 4.78 is 11.0. The lowest BCUT2D eigenvalue weighted by Gasteiger charge is -2.40. The zero-order valence-electron chi connectivity index (χ0n) is 13.1. The van der Waals surface area contributed by atoms with Crippen LogP contribution in [0.1, 0.15) is 43.9 Å². The Kier molecular flexibility index (Phi) is 4.87. The van der Waals surface area contributed by atoms with E-state index in [0.717, 1.165) is 57.5 Å². The lowest BCUT2D eigenvalue weighted by molar-refractivity contribution is 0.0430. The molecule has 1 aromatic heterocycles. The number of piperazine rings is 1. The average Bonchev–Trinajstić information content (AvgIpc) is 3.26. The summed E-state index contributed by atoms with van der Waals surface area (Å²) in [4.78, 5) is 4.96. The van der Waals surface area contributed by atoms with Crippen LogP contribution in [0, 0.1) is 0 Å². The number of nitrogens with zero attached hydrogens (tertiary/aromatic N) is 4. The van der Waals surface area contributed by atoms with E-state index in [1.807, 2.05) is 0 Å². The van der Waals surface area contributed by atoms with Gasteiger partial charge in [-0.3, -0.25) is 9.80 Å². The van der Waals surface area contributed by atoms with E-state index in [1.165, 1.54) is 12.8 Å².